The standard InChI is InChI=1S/C13H10N2O5/c1-8-6-10(15(18)19)2-3-11(8)20-12-7-9(13(16)17)4-5-14-12/h2-7H,1H3,(H,16,17). The van der Waals surface area contributed by atoms with Crippen LogP contribution < -0.4 is 4.74 Å². The molecular formula is C13H10N2O5. The lowest BCUT2D eigenvalue weighted by molar-refractivity contribution is -0.384. The van der Waals surface area contributed by atoms with Gasteiger partial charge in [0.2, 0.25) is 5.88 Å². The average molecular weight is 274 g/mol. The molecule has 0 amide bonds. The molecular weight excluding hydrogens is 264 g/mol. The number of aromatic carboxylic acids is 1. The highest BCUT2D eigenvalue weighted by molar-refractivity contribution is 5.87. The van der Waals surface area contributed by atoms with Gasteiger partial charge in [0.1, 0.15) is 5.75 Å². The van der Waals surface area contributed by atoms with Crippen LogP contribution in [0.15, 0.2) is 36.5 Å². The normalized spacial score (nSPS) is 10.1. The van der Waals surface area contributed by atoms with Gasteiger partial charge < -0.3 is 9.84 Å². The zero-order chi connectivity index (χ0) is 14.7. The van der Waals surface area contributed by atoms with Crippen LogP contribution in [-0.2, 0) is 0 Å². The monoisotopic (exact) mass is 274 g/mol. The molecule has 1 aromatic carbocycles. The highest BCUT2D eigenvalue weighted by Crippen LogP contribution is 2.27. The van der Waals surface area contributed by atoms with Crippen molar-refractivity contribution in [1.29, 1.82) is 0 Å². The number of nitro groups is 1. The molecule has 0 aliphatic carbocycles. The van der Waals surface area contributed by atoms with Crippen molar-refractivity contribution in [1.82, 2.24) is 4.98 Å². The predicted molar refractivity (Wildman–Crippen MR) is 69.1 cm³/mol. The Labute approximate surface area is 113 Å². The molecule has 2 aromatic rings. The van der Waals surface area contributed by atoms with Gasteiger partial charge in [0.15, 0.2) is 0 Å². The van der Waals surface area contributed by atoms with E-state index < -0.39 is 10.9 Å². The summed E-state index contributed by atoms with van der Waals surface area (Å²) in [4.78, 5) is 24.9. The van der Waals surface area contributed by atoms with Gasteiger partial charge in [-0.3, -0.25) is 10.1 Å². The van der Waals surface area contributed by atoms with E-state index in [1.165, 1.54) is 36.5 Å². The van der Waals surface area contributed by atoms with E-state index in [-0.39, 0.29) is 17.1 Å². The van der Waals surface area contributed by atoms with Gasteiger partial charge in [-0.1, -0.05) is 0 Å². The maximum Gasteiger partial charge on any atom is 0.335 e. The van der Waals surface area contributed by atoms with Crippen LogP contribution in [0.1, 0.15) is 15.9 Å². The summed E-state index contributed by atoms with van der Waals surface area (Å²) in [6.45, 7) is 1.66. The number of carboxylic acids is 1. The number of benzene rings is 1. The van der Waals surface area contributed by atoms with Crippen molar-refractivity contribution in [2.75, 3.05) is 0 Å². The Kier molecular flexibility index (Phi) is 3.60. The third kappa shape index (κ3) is 2.89. The predicted octanol–water partition coefficient (Wildman–Crippen LogP) is 2.79. The summed E-state index contributed by atoms with van der Waals surface area (Å²) in [5, 5.41) is 19.5. The summed E-state index contributed by atoms with van der Waals surface area (Å²) in [5.74, 6) is -0.592. The molecule has 2 rings (SSSR count). The van der Waals surface area contributed by atoms with Gasteiger partial charge in [0.05, 0.1) is 10.5 Å². The maximum absolute atomic E-state index is 10.8. The summed E-state index contributed by atoms with van der Waals surface area (Å²) in [5.41, 5.74) is 0.568. The summed E-state index contributed by atoms with van der Waals surface area (Å²) in [6, 6.07) is 6.75. The number of aromatic nitrogens is 1. The van der Waals surface area contributed by atoms with Gasteiger partial charge in [0.25, 0.3) is 5.69 Å². The second-order valence-electron chi connectivity index (χ2n) is 4.00. The molecule has 0 unspecified atom stereocenters. The number of carbonyl (C=O) groups is 1. The summed E-state index contributed by atoms with van der Waals surface area (Å²) in [6.07, 6.45) is 1.32. The summed E-state index contributed by atoms with van der Waals surface area (Å²) in [7, 11) is 0. The third-order valence-electron chi connectivity index (χ3n) is 2.57. The number of ether oxygens (including phenoxy) is 1. The minimum Gasteiger partial charge on any atom is -0.478 e. The van der Waals surface area contributed by atoms with Crippen LogP contribution in [0.2, 0.25) is 0 Å². The van der Waals surface area contributed by atoms with Crippen molar-refractivity contribution in [2.24, 2.45) is 0 Å². The Morgan fingerprint density at radius 3 is 2.70 bits per heavy atom. The molecule has 1 heterocycles. The van der Waals surface area contributed by atoms with Gasteiger partial charge in [-0.2, -0.15) is 0 Å². The zero-order valence-corrected chi connectivity index (χ0v) is 10.4. The highest BCUT2D eigenvalue weighted by atomic mass is 16.6. The fourth-order valence-electron chi connectivity index (χ4n) is 1.57. The van der Waals surface area contributed by atoms with Gasteiger partial charge in [-0.25, -0.2) is 9.78 Å². The molecule has 0 atom stereocenters. The number of rotatable bonds is 4. The van der Waals surface area contributed by atoms with Gasteiger partial charge in [-0.05, 0) is 24.6 Å². The van der Waals surface area contributed by atoms with E-state index in [0.29, 0.717) is 11.3 Å². The number of nitrogens with zero attached hydrogens (tertiary/aromatic N) is 2. The molecule has 0 spiro atoms. The van der Waals surface area contributed by atoms with Crippen LogP contribution in [-0.4, -0.2) is 21.0 Å². The van der Waals surface area contributed by atoms with Gasteiger partial charge >= 0.3 is 5.97 Å². The number of non-ortho nitro benzene ring substituents is 1. The third-order valence-corrected chi connectivity index (χ3v) is 2.57. The van der Waals surface area contributed by atoms with Crippen LogP contribution in [0.5, 0.6) is 11.6 Å². The second kappa shape index (κ2) is 5.35. The quantitative estimate of drug-likeness (QED) is 0.679. The number of nitro benzene ring substituents is 1. The number of hydrogen-bond donors (Lipinski definition) is 1. The van der Waals surface area contributed by atoms with Crippen LogP contribution in [0.25, 0.3) is 0 Å². The minimum absolute atomic E-state index is 0.0397. The Balaban J connectivity index is 2.28. The van der Waals surface area contributed by atoms with E-state index in [1.54, 1.807) is 6.92 Å². The molecule has 1 aromatic heterocycles. The molecule has 0 fully saturated rings. The lowest BCUT2D eigenvalue weighted by Gasteiger charge is -2.07. The fraction of sp³-hybridized carbons (Fsp3) is 0.0769. The summed E-state index contributed by atoms with van der Waals surface area (Å²) < 4.78 is 5.44. The molecule has 7 heteroatoms. The number of aryl methyl sites for hydroxylation is 1. The van der Waals surface area contributed by atoms with Crippen LogP contribution in [0.4, 0.5) is 5.69 Å². The molecule has 0 saturated carbocycles. The Morgan fingerprint density at radius 1 is 1.35 bits per heavy atom. The zero-order valence-electron chi connectivity index (χ0n) is 10.4. The first-order valence-corrected chi connectivity index (χ1v) is 5.59. The van der Waals surface area contributed by atoms with Crippen molar-refractivity contribution < 1.29 is 19.6 Å². The molecule has 7 nitrogen and oxygen atoms in total. The Bertz CT molecular complexity index is 684. The average Bonchev–Trinajstić information content (AvgIpc) is 2.41. The smallest absolute Gasteiger partial charge is 0.335 e. The molecule has 0 radical (unpaired) electrons. The lowest BCUT2D eigenvalue weighted by Crippen LogP contribution is -1.98. The van der Waals surface area contributed by atoms with E-state index in [2.05, 4.69) is 4.98 Å². The lowest BCUT2D eigenvalue weighted by atomic mass is 10.2. The van der Waals surface area contributed by atoms with Crippen molar-refractivity contribution in [3.63, 3.8) is 0 Å². The van der Waals surface area contributed by atoms with Crippen molar-refractivity contribution in [3.8, 4) is 11.6 Å². The maximum atomic E-state index is 10.8. The van der Waals surface area contributed by atoms with Gasteiger partial charge in [0, 0.05) is 24.4 Å². The molecule has 0 bridgehead atoms. The van der Waals surface area contributed by atoms with E-state index >= 15 is 0 Å². The minimum atomic E-state index is -1.09. The van der Waals surface area contributed by atoms with E-state index in [1.807, 2.05) is 0 Å². The van der Waals surface area contributed by atoms with E-state index in [9.17, 15) is 14.9 Å². The van der Waals surface area contributed by atoms with Crippen molar-refractivity contribution in [3.05, 3.63) is 57.8 Å². The molecule has 20 heavy (non-hydrogen) atoms. The van der Waals surface area contributed by atoms with Crippen LogP contribution in [0, 0.1) is 17.0 Å². The number of hydrogen-bond acceptors (Lipinski definition) is 5. The van der Waals surface area contributed by atoms with Crippen molar-refractivity contribution in [2.45, 2.75) is 6.92 Å². The first-order valence-electron chi connectivity index (χ1n) is 5.59. The molecule has 0 aliphatic heterocycles. The molecule has 0 saturated heterocycles. The largest absolute Gasteiger partial charge is 0.478 e. The fourth-order valence-corrected chi connectivity index (χ4v) is 1.57. The van der Waals surface area contributed by atoms with E-state index in [4.69, 9.17) is 9.84 Å². The number of carboxylic acid groups (broad SMARTS) is 1. The molecule has 1 N–H and O–H groups in total. The highest BCUT2D eigenvalue weighted by Gasteiger charge is 2.11. The topological polar surface area (TPSA) is 103 Å². The Hall–Kier alpha value is -2.96. The van der Waals surface area contributed by atoms with Crippen LogP contribution >= 0.6 is 0 Å². The molecule has 102 valence electrons. The van der Waals surface area contributed by atoms with Crippen LogP contribution in [0.3, 0.4) is 0 Å². The molecule has 0 aliphatic rings. The number of pyridine rings is 1. The first kappa shape index (κ1) is 13.5. The summed E-state index contributed by atoms with van der Waals surface area (Å²) >= 11 is 0. The Morgan fingerprint density at radius 2 is 2.10 bits per heavy atom. The first-order chi connectivity index (χ1) is 9.47. The SMILES string of the molecule is Cc1cc([N+](=O)[O-])ccc1Oc1cc(C(=O)O)ccn1. The van der Waals surface area contributed by atoms with Gasteiger partial charge in [-0.15, -0.1) is 0 Å². The van der Waals surface area contributed by atoms with Crippen molar-refractivity contribution >= 4 is 11.7 Å². The van der Waals surface area contributed by atoms with E-state index in [0.717, 1.165) is 0 Å². The second-order valence-corrected chi connectivity index (χ2v) is 4.00.